The zero-order chi connectivity index (χ0) is 26.9. The van der Waals surface area contributed by atoms with E-state index in [0.717, 1.165) is 47.9 Å². The van der Waals surface area contributed by atoms with Gasteiger partial charge < -0.3 is 19.7 Å². The number of carbonyl (C=O) groups is 2. The van der Waals surface area contributed by atoms with Crippen molar-refractivity contribution in [1.29, 1.82) is 0 Å². The molecule has 200 valence electrons. The number of hydrogen-bond acceptors (Lipinski definition) is 4. The summed E-state index contributed by atoms with van der Waals surface area (Å²) in [5.74, 6) is 0.987. The number of benzene rings is 3. The van der Waals surface area contributed by atoms with Gasteiger partial charge in [-0.15, -0.1) is 0 Å². The molecule has 1 fully saturated rings. The van der Waals surface area contributed by atoms with Crippen LogP contribution in [0, 0.1) is 13.8 Å². The van der Waals surface area contributed by atoms with Gasteiger partial charge >= 0.3 is 0 Å². The standard InChI is InChI=1S/C32H38N2O4/c1-23-16-24(2)18-29(17-23)38-22-31(35)34(21-26-12-9-15-28(19-26)37-3)30(20-25-10-5-4-6-11-25)32(36)33-27-13-7-8-14-27/h4-6,9-12,15-19,27,30H,7-8,13-14,20-22H2,1-3H3,(H,33,36)/t30-/m0/s1. The topological polar surface area (TPSA) is 67.9 Å². The normalized spacial score (nSPS) is 14.1. The molecule has 1 N–H and O–H groups in total. The molecule has 0 radical (unpaired) electrons. The highest BCUT2D eigenvalue weighted by Gasteiger charge is 2.32. The van der Waals surface area contributed by atoms with E-state index in [1.54, 1.807) is 12.0 Å². The van der Waals surface area contributed by atoms with E-state index in [1.807, 2.05) is 80.6 Å². The van der Waals surface area contributed by atoms with Crippen LogP contribution in [0.5, 0.6) is 11.5 Å². The maximum absolute atomic E-state index is 13.8. The van der Waals surface area contributed by atoms with E-state index < -0.39 is 6.04 Å². The van der Waals surface area contributed by atoms with E-state index in [9.17, 15) is 9.59 Å². The molecule has 6 nitrogen and oxygen atoms in total. The molecule has 0 spiro atoms. The summed E-state index contributed by atoms with van der Waals surface area (Å²) in [5.41, 5.74) is 4.02. The van der Waals surface area contributed by atoms with Crippen LogP contribution in [0.15, 0.2) is 72.8 Å². The Balaban J connectivity index is 1.63. The molecular weight excluding hydrogens is 476 g/mol. The van der Waals surface area contributed by atoms with E-state index in [0.29, 0.717) is 17.9 Å². The largest absolute Gasteiger partial charge is 0.497 e. The van der Waals surface area contributed by atoms with E-state index in [-0.39, 0.29) is 31.0 Å². The Bertz CT molecular complexity index is 1200. The molecule has 3 aromatic carbocycles. The van der Waals surface area contributed by atoms with E-state index in [1.165, 1.54) is 0 Å². The summed E-state index contributed by atoms with van der Waals surface area (Å²) >= 11 is 0. The predicted octanol–water partition coefficient (Wildman–Crippen LogP) is 5.39. The Kier molecular flexibility index (Phi) is 9.41. The van der Waals surface area contributed by atoms with Gasteiger partial charge in [-0.1, -0.05) is 61.4 Å². The lowest BCUT2D eigenvalue weighted by molar-refractivity contribution is -0.143. The highest BCUT2D eigenvalue weighted by atomic mass is 16.5. The fraction of sp³-hybridized carbons (Fsp3) is 0.375. The van der Waals surface area contributed by atoms with Crippen LogP contribution in [-0.4, -0.2) is 42.5 Å². The second-order valence-electron chi connectivity index (χ2n) is 10.2. The van der Waals surface area contributed by atoms with Crippen molar-refractivity contribution in [2.45, 2.75) is 64.6 Å². The highest BCUT2D eigenvalue weighted by Crippen LogP contribution is 2.22. The number of carbonyl (C=O) groups excluding carboxylic acids is 2. The zero-order valence-corrected chi connectivity index (χ0v) is 22.6. The minimum Gasteiger partial charge on any atom is -0.497 e. The van der Waals surface area contributed by atoms with Gasteiger partial charge in [0.05, 0.1) is 7.11 Å². The zero-order valence-electron chi connectivity index (χ0n) is 22.6. The molecular formula is C32H38N2O4. The number of aryl methyl sites for hydroxylation is 2. The van der Waals surface area contributed by atoms with E-state index in [2.05, 4.69) is 11.4 Å². The molecule has 1 aliphatic rings. The lowest BCUT2D eigenvalue weighted by atomic mass is 10.0. The number of hydrogen-bond donors (Lipinski definition) is 1. The van der Waals surface area contributed by atoms with Gasteiger partial charge in [0.2, 0.25) is 5.91 Å². The predicted molar refractivity (Wildman–Crippen MR) is 149 cm³/mol. The minimum atomic E-state index is -0.681. The van der Waals surface area contributed by atoms with Gasteiger partial charge in [0.25, 0.3) is 5.91 Å². The third-order valence-electron chi connectivity index (χ3n) is 7.02. The quantitative estimate of drug-likeness (QED) is 0.373. The smallest absolute Gasteiger partial charge is 0.261 e. The lowest BCUT2D eigenvalue weighted by Crippen LogP contribution is -2.53. The Morgan fingerprint density at radius 2 is 1.58 bits per heavy atom. The summed E-state index contributed by atoms with van der Waals surface area (Å²) < 4.78 is 11.4. The molecule has 6 heteroatoms. The summed E-state index contributed by atoms with van der Waals surface area (Å²) in [4.78, 5) is 29.2. The van der Waals surface area contributed by atoms with Crippen LogP contribution in [0.1, 0.15) is 47.9 Å². The van der Waals surface area contributed by atoms with Crippen molar-refractivity contribution in [2.75, 3.05) is 13.7 Å². The van der Waals surface area contributed by atoms with Crippen LogP contribution >= 0.6 is 0 Å². The number of nitrogens with one attached hydrogen (secondary N) is 1. The van der Waals surface area contributed by atoms with Crippen molar-refractivity contribution in [3.8, 4) is 11.5 Å². The monoisotopic (exact) mass is 514 g/mol. The van der Waals surface area contributed by atoms with Gasteiger partial charge in [-0.2, -0.15) is 0 Å². The second kappa shape index (κ2) is 13.1. The van der Waals surface area contributed by atoms with Crippen molar-refractivity contribution in [3.63, 3.8) is 0 Å². The van der Waals surface area contributed by atoms with Gasteiger partial charge in [-0.05, 0) is 73.2 Å². The molecule has 3 aromatic rings. The number of nitrogens with zero attached hydrogens (tertiary/aromatic N) is 1. The average molecular weight is 515 g/mol. The molecule has 1 saturated carbocycles. The molecule has 0 heterocycles. The molecule has 0 unspecified atom stereocenters. The number of ether oxygens (including phenoxy) is 2. The molecule has 0 aromatic heterocycles. The van der Waals surface area contributed by atoms with Gasteiger partial charge in [0, 0.05) is 19.0 Å². The van der Waals surface area contributed by atoms with Crippen LogP contribution in [0.4, 0.5) is 0 Å². The molecule has 0 saturated heterocycles. The third-order valence-corrected chi connectivity index (χ3v) is 7.02. The first-order chi connectivity index (χ1) is 18.4. The Labute approximate surface area is 226 Å². The van der Waals surface area contributed by atoms with Crippen LogP contribution in [0.25, 0.3) is 0 Å². The van der Waals surface area contributed by atoms with Gasteiger partial charge in [-0.3, -0.25) is 9.59 Å². The van der Waals surface area contributed by atoms with Crippen LogP contribution < -0.4 is 14.8 Å². The molecule has 1 atom stereocenters. The number of amides is 2. The summed E-state index contributed by atoms with van der Waals surface area (Å²) in [5, 5.41) is 3.23. The number of rotatable bonds is 11. The molecule has 2 amide bonds. The van der Waals surface area contributed by atoms with Crippen LogP contribution in [0.2, 0.25) is 0 Å². The Morgan fingerprint density at radius 3 is 2.26 bits per heavy atom. The fourth-order valence-corrected chi connectivity index (χ4v) is 5.13. The SMILES string of the molecule is COc1cccc(CN(C(=O)COc2cc(C)cc(C)c2)[C@@H](Cc2ccccc2)C(=O)NC2CCCC2)c1. The summed E-state index contributed by atoms with van der Waals surface area (Å²) in [6, 6.07) is 22.8. The maximum Gasteiger partial charge on any atom is 0.261 e. The summed E-state index contributed by atoms with van der Waals surface area (Å²) in [6.07, 6.45) is 4.60. The van der Waals surface area contributed by atoms with E-state index in [4.69, 9.17) is 9.47 Å². The minimum absolute atomic E-state index is 0.122. The lowest BCUT2D eigenvalue weighted by Gasteiger charge is -2.32. The van der Waals surface area contributed by atoms with Gasteiger partial charge in [-0.25, -0.2) is 0 Å². The van der Waals surface area contributed by atoms with Crippen molar-refractivity contribution < 1.29 is 19.1 Å². The molecule has 38 heavy (non-hydrogen) atoms. The van der Waals surface area contributed by atoms with Gasteiger partial charge in [0.15, 0.2) is 6.61 Å². The van der Waals surface area contributed by atoms with Crippen molar-refractivity contribution in [1.82, 2.24) is 10.2 Å². The van der Waals surface area contributed by atoms with Crippen LogP contribution in [-0.2, 0) is 22.6 Å². The third kappa shape index (κ3) is 7.60. The fourth-order valence-electron chi connectivity index (χ4n) is 5.13. The molecule has 4 rings (SSSR count). The average Bonchev–Trinajstić information content (AvgIpc) is 3.42. The highest BCUT2D eigenvalue weighted by molar-refractivity contribution is 5.88. The molecule has 0 bridgehead atoms. The van der Waals surface area contributed by atoms with Crippen molar-refractivity contribution in [3.05, 3.63) is 95.1 Å². The maximum atomic E-state index is 13.8. The van der Waals surface area contributed by atoms with E-state index >= 15 is 0 Å². The first-order valence-electron chi connectivity index (χ1n) is 13.4. The number of methoxy groups -OCH3 is 1. The first kappa shape index (κ1) is 27.2. The molecule has 1 aliphatic carbocycles. The van der Waals surface area contributed by atoms with Crippen molar-refractivity contribution in [2.24, 2.45) is 0 Å². The van der Waals surface area contributed by atoms with Crippen molar-refractivity contribution >= 4 is 11.8 Å². The van der Waals surface area contributed by atoms with Crippen LogP contribution in [0.3, 0.4) is 0 Å². The van der Waals surface area contributed by atoms with Gasteiger partial charge in [0.1, 0.15) is 17.5 Å². The Hall–Kier alpha value is -3.80. The molecule has 0 aliphatic heterocycles. The first-order valence-corrected chi connectivity index (χ1v) is 13.4. The summed E-state index contributed by atoms with van der Waals surface area (Å²) in [7, 11) is 1.62. The Morgan fingerprint density at radius 1 is 0.895 bits per heavy atom. The second-order valence-corrected chi connectivity index (χ2v) is 10.2. The summed E-state index contributed by atoms with van der Waals surface area (Å²) in [6.45, 7) is 4.11.